The minimum absolute atomic E-state index is 0.0265. The summed E-state index contributed by atoms with van der Waals surface area (Å²) in [5.74, 6) is -0.919. The number of carbonyl (C=O) groups excluding carboxylic acids is 2. The smallest absolute Gasteiger partial charge is 0.238 e. The number of amides is 2. The molecule has 1 aliphatic rings. The Bertz CT molecular complexity index is 835. The first-order chi connectivity index (χ1) is 14.0. The Morgan fingerprint density at radius 3 is 2.21 bits per heavy atom. The van der Waals surface area contributed by atoms with Gasteiger partial charge in [0.2, 0.25) is 11.8 Å². The van der Waals surface area contributed by atoms with E-state index in [1.54, 1.807) is 18.0 Å². The van der Waals surface area contributed by atoms with Crippen LogP contribution in [0.1, 0.15) is 18.4 Å². The van der Waals surface area contributed by atoms with E-state index in [2.05, 4.69) is 15.5 Å². The Kier molecular flexibility index (Phi) is 7.32. The van der Waals surface area contributed by atoms with Gasteiger partial charge in [0.15, 0.2) is 0 Å². The van der Waals surface area contributed by atoms with Crippen LogP contribution in [0.3, 0.4) is 0 Å². The van der Waals surface area contributed by atoms with Gasteiger partial charge in [0.25, 0.3) is 0 Å². The SMILES string of the molecule is CN(CC(=O)Nc1ccc(CN2CCCC2)cc1)CC(=O)Nc1cccc(F)c1. The lowest BCUT2D eigenvalue weighted by atomic mass is 10.2. The fourth-order valence-electron chi connectivity index (χ4n) is 3.41. The number of rotatable bonds is 8. The molecule has 0 unspecified atom stereocenters. The van der Waals surface area contributed by atoms with Crippen molar-refractivity contribution in [3.8, 4) is 0 Å². The van der Waals surface area contributed by atoms with Crippen LogP contribution < -0.4 is 10.6 Å². The van der Waals surface area contributed by atoms with E-state index < -0.39 is 5.82 Å². The summed E-state index contributed by atoms with van der Waals surface area (Å²) in [6.45, 7) is 3.34. The number of carbonyl (C=O) groups is 2. The zero-order valence-corrected chi connectivity index (χ0v) is 16.7. The molecule has 154 valence electrons. The summed E-state index contributed by atoms with van der Waals surface area (Å²) in [7, 11) is 1.68. The van der Waals surface area contributed by atoms with E-state index in [4.69, 9.17) is 0 Å². The topological polar surface area (TPSA) is 64.7 Å². The third-order valence-electron chi connectivity index (χ3n) is 4.78. The highest BCUT2D eigenvalue weighted by Crippen LogP contribution is 2.15. The van der Waals surface area contributed by atoms with Crippen LogP contribution in [-0.4, -0.2) is 54.8 Å². The highest BCUT2D eigenvalue weighted by atomic mass is 19.1. The van der Waals surface area contributed by atoms with Crippen molar-refractivity contribution >= 4 is 23.2 Å². The predicted octanol–water partition coefficient (Wildman–Crippen LogP) is 2.93. The van der Waals surface area contributed by atoms with Crippen LogP contribution in [0.4, 0.5) is 15.8 Å². The van der Waals surface area contributed by atoms with Gasteiger partial charge in [-0.1, -0.05) is 18.2 Å². The molecule has 2 N–H and O–H groups in total. The van der Waals surface area contributed by atoms with E-state index in [-0.39, 0.29) is 24.9 Å². The summed E-state index contributed by atoms with van der Waals surface area (Å²) in [6.07, 6.45) is 2.53. The van der Waals surface area contributed by atoms with Gasteiger partial charge in [-0.3, -0.25) is 19.4 Å². The monoisotopic (exact) mass is 398 g/mol. The number of likely N-dealkylation sites (N-methyl/N-ethyl adjacent to an activating group) is 1. The molecule has 1 saturated heterocycles. The molecule has 1 aliphatic heterocycles. The van der Waals surface area contributed by atoms with Crippen LogP contribution in [0.2, 0.25) is 0 Å². The molecule has 0 radical (unpaired) electrons. The maximum atomic E-state index is 13.2. The van der Waals surface area contributed by atoms with Crippen molar-refractivity contribution in [2.24, 2.45) is 0 Å². The first kappa shape index (κ1) is 21.0. The molecule has 2 amide bonds. The molecular formula is C22H27FN4O2. The van der Waals surface area contributed by atoms with Crippen LogP contribution in [0.25, 0.3) is 0 Å². The first-order valence-corrected chi connectivity index (χ1v) is 9.83. The zero-order valence-electron chi connectivity index (χ0n) is 16.7. The Morgan fingerprint density at radius 1 is 0.966 bits per heavy atom. The lowest BCUT2D eigenvalue weighted by Gasteiger charge is -2.17. The molecule has 0 aliphatic carbocycles. The minimum Gasteiger partial charge on any atom is -0.325 e. The highest BCUT2D eigenvalue weighted by molar-refractivity contribution is 5.94. The first-order valence-electron chi connectivity index (χ1n) is 9.83. The summed E-state index contributed by atoms with van der Waals surface area (Å²) in [5, 5.41) is 5.46. The van der Waals surface area contributed by atoms with Crippen LogP contribution >= 0.6 is 0 Å². The molecule has 2 aromatic carbocycles. The average molecular weight is 398 g/mol. The summed E-state index contributed by atoms with van der Waals surface area (Å²) < 4.78 is 13.2. The molecule has 0 aromatic heterocycles. The van der Waals surface area contributed by atoms with Crippen LogP contribution in [0, 0.1) is 5.82 Å². The quantitative estimate of drug-likeness (QED) is 0.718. The predicted molar refractivity (Wildman–Crippen MR) is 112 cm³/mol. The van der Waals surface area contributed by atoms with E-state index in [9.17, 15) is 14.0 Å². The van der Waals surface area contributed by atoms with Gasteiger partial charge in [-0.25, -0.2) is 4.39 Å². The van der Waals surface area contributed by atoms with Crippen molar-refractivity contribution in [3.05, 3.63) is 59.9 Å². The summed E-state index contributed by atoms with van der Waals surface area (Å²) in [5.41, 5.74) is 2.36. The number of nitrogens with one attached hydrogen (secondary N) is 2. The molecule has 1 heterocycles. The highest BCUT2D eigenvalue weighted by Gasteiger charge is 2.13. The van der Waals surface area contributed by atoms with Crippen molar-refractivity contribution in [1.29, 1.82) is 0 Å². The van der Waals surface area contributed by atoms with Crippen molar-refractivity contribution in [1.82, 2.24) is 9.80 Å². The van der Waals surface area contributed by atoms with Gasteiger partial charge >= 0.3 is 0 Å². The summed E-state index contributed by atoms with van der Waals surface area (Å²) in [4.78, 5) is 28.3. The maximum Gasteiger partial charge on any atom is 0.238 e. The van der Waals surface area contributed by atoms with Gasteiger partial charge in [0.1, 0.15) is 5.82 Å². The van der Waals surface area contributed by atoms with E-state index >= 15 is 0 Å². The standard InChI is InChI=1S/C22H27FN4O2/c1-26(16-22(29)25-20-6-4-5-18(23)13-20)15-21(28)24-19-9-7-17(8-10-19)14-27-11-2-3-12-27/h4-10,13H,2-3,11-12,14-16H2,1H3,(H,24,28)(H,25,29). The van der Waals surface area contributed by atoms with Crippen molar-refractivity contribution in [2.75, 3.05) is 43.9 Å². The second-order valence-corrected chi connectivity index (χ2v) is 7.46. The number of halogens is 1. The van der Waals surface area contributed by atoms with Gasteiger partial charge in [-0.05, 0) is 68.9 Å². The van der Waals surface area contributed by atoms with E-state index in [1.807, 2.05) is 24.3 Å². The zero-order chi connectivity index (χ0) is 20.6. The number of nitrogens with zero attached hydrogens (tertiary/aromatic N) is 2. The fraction of sp³-hybridized carbons (Fsp3) is 0.364. The molecule has 6 nitrogen and oxygen atoms in total. The van der Waals surface area contributed by atoms with Gasteiger partial charge in [-0.2, -0.15) is 0 Å². The summed E-state index contributed by atoms with van der Waals surface area (Å²) >= 11 is 0. The lowest BCUT2D eigenvalue weighted by Crippen LogP contribution is -2.36. The Hall–Kier alpha value is -2.77. The lowest BCUT2D eigenvalue weighted by molar-refractivity contribution is -0.119. The molecule has 0 bridgehead atoms. The van der Waals surface area contributed by atoms with Gasteiger partial charge in [-0.15, -0.1) is 0 Å². The van der Waals surface area contributed by atoms with Crippen LogP contribution in [-0.2, 0) is 16.1 Å². The van der Waals surface area contributed by atoms with Gasteiger partial charge in [0.05, 0.1) is 13.1 Å². The van der Waals surface area contributed by atoms with Gasteiger partial charge < -0.3 is 10.6 Å². The molecule has 0 atom stereocenters. The molecule has 7 heteroatoms. The average Bonchev–Trinajstić information content (AvgIpc) is 3.16. The van der Waals surface area contributed by atoms with Crippen LogP contribution in [0.5, 0.6) is 0 Å². The largest absolute Gasteiger partial charge is 0.325 e. The Balaban J connectivity index is 1.41. The number of hydrogen-bond donors (Lipinski definition) is 2. The van der Waals surface area contributed by atoms with Crippen molar-refractivity contribution in [3.63, 3.8) is 0 Å². The molecular weight excluding hydrogens is 371 g/mol. The molecule has 3 rings (SSSR count). The molecule has 0 spiro atoms. The normalized spacial score (nSPS) is 14.2. The number of likely N-dealkylation sites (tertiary alicyclic amines) is 1. The van der Waals surface area contributed by atoms with E-state index in [0.717, 1.165) is 25.3 Å². The number of benzene rings is 2. The van der Waals surface area contributed by atoms with Crippen molar-refractivity contribution < 1.29 is 14.0 Å². The minimum atomic E-state index is -0.415. The molecule has 1 fully saturated rings. The second-order valence-electron chi connectivity index (χ2n) is 7.46. The third kappa shape index (κ3) is 6.96. The molecule has 2 aromatic rings. The molecule has 29 heavy (non-hydrogen) atoms. The summed E-state index contributed by atoms with van der Waals surface area (Å²) in [6, 6.07) is 13.6. The van der Waals surface area contributed by atoms with E-state index in [1.165, 1.54) is 36.6 Å². The maximum absolute atomic E-state index is 13.2. The second kappa shape index (κ2) is 10.1. The molecule has 0 saturated carbocycles. The third-order valence-corrected chi connectivity index (χ3v) is 4.78. The Morgan fingerprint density at radius 2 is 1.59 bits per heavy atom. The van der Waals surface area contributed by atoms with Crippen LogP contribution in [0.15, 0.2) is 48.5 Å². The van der Waals surface area contributed by atoms with E-state index in [0.29, 0.717) is 5.69 Å². The van der Waals surface area contributed by atoms with Crippen molar-refractivity contribution in [2.45, 2.75) is 19.4 Å². The number of anilines is 2. The van der Waals surface area contributed by atoms with Gasteiger partial charge in [0, 0.05) is 17.9 Å². The Labute approximate surface area is 170 Å². The number of hydrogen-bond acceptors (Lipinski definition) is 4. The fourth-order valence-corrected chi connectivity index (χ4v) is 3.41.